The van der Waals surface area contributed by atoms with Crippen LogP contribution in [-0.2, 0) is 9.53 Å². The summed E-state index contributed by atoms with van der Waals surface area (Å²) in [6, 6.07) is 5.52. The van der Waals surface area contributed by atoms with Crippen molar-refractivity contribution in [3.05, 3.63) is 30.1 Å². The summed E-state index contributed by atoms with van der Waals surface area (Å²) in [5, 5.41) is 3.03. The zero-order valence-electron chi connectivity index (χ0n) is 12.8. The van der Waals surface area contributed by atoms with Gasteiger partial charge in [-0.1, -0.05) is 18.9 Å². The minimum Gasteiger partial charge on any atom is -0.382 e. The summed E-state index contributed by atoms with van der Waals surface area (Å²) < 4.78 is 5.20. The predicted molar refractivity (Wildman–Crippen MR) is 81.9 cm³/mol. The monoisotopic (exact) mass is 291 g/mol. The molecule has 1 aromatic rings. The van der Waals surface area contributed by atoms with Crippen LogP contribution in [0.2, 0.25) is 0 Å². The number of nitrogens with zero attached hydrogens (tertiary/aromatic N) is 2. The first-order chi connectivity index (χ1) is 10.3. The molecule has 5 nitrogen and oxygen atoms in total. The molecule has 0 aromatic carbocycles. The number of hydrogen-bond donors (Lipinski definition) is 1. The maximum absolute atomic E-state index is 12.2. The number of pyridine rings is 1. The zero-order chi connectivity index (χ0) is 14.9. The van der Waals surface area contributed by atoms with Gasteiger partial charge < -0.3 is 10.1 Å². The van der Waals surface area contributed by atoms with Crippen LogP contribution in [0.4, 0.5) is 0 Å². The number of carbonyl (C=O) groups is 1. The lowest BCUT2D eigenvalue weighted by atomic mass is 10.2. The fourth-order valence-corrected chi connectivity index (χ4v) is 2.69. The average molecular weight is 291 g/mol. The molecule has 0 bridgehead atoms. The number of hydrogen-bond acceptors (Lipinski definition) is 4. The molecule has 1 unspecified atom stereocenters. The largest absolute Gasteiger partial charge is 0.382 e. The second kappa shape index (κ2) is 8.74. The molecule has 1 fully saturated rings. The molecule has 116 valence electrons. The summed E-state index contributed by atoms with van der Waals surface area (Å²) in [6.45, 7) is 2.94. The molecule has 1 aliphatic heterocycles. The van der Waals surface area contributed by atoms with Gasteiger partial charge in [0.2, 0.25) is 5.91 Å². The summed E-state index contributed by atoms with van der Waals surface area (Å²) in [7, 11) is 1.64. The Kier molecular flexibility index (Phi) is 6.63. The Hall–Kier alpha value is -1.46. The summed E-state index contributed by atoms with van der Waals surface area (Å²) in [4.78, 5) is 18.8. The van der Waals surface area contributed by atoms with Gasteiger partial charge in [0, 0.05) is 13.3 Å². The number of nitrogens with one attached hydrogen (secondary N) is 1. The Morgan fingerprint density at radius 1 is 1.33 bits per heavy atom. The Bertz CT molecular complexity index is 417. The van der Waals surface area contributed by atoms with Crippen molar-refractivity contribution < 1.29 is 9.53 Å². The molecule has 1 amide bonds. The van der Waals surface area contributed by atoms with Crippen molar-refractivity contribution in [2.24, 2.45) is 0 Å². The summed E-state index contributed by atoms with van der Waals surface area (Å²) in [6.07, 6.45) is 6.67. The lowest BCUT2D eigenvalue weighted by Crippen LogP contribution is -2.40. The molecule has 0 radical (unpaired) electrons. The third-order valence-electron chi connectivity index (χ3n) is 3.78. The van der Waals surface area contributed by atoms with Gasteiger partial charge in [0.05, 0.1) is 24.9 Å². The highest BCUT2D eigenvalue weighted by Crippen LogP contribution is 2.11. The maximum Gasteiger partial charge on any atom is 0.234 e. The van der Waals surface area contributed by atoms with E-state index in [1.54, 1.807) is 13.3 Å². The van der Waals surface area contributed by atoms with Gasteiger partial charge >= 0.3 is 0 Å². The third kappa shape index (κ3) is 5.44. The lowest BCUT2D eigenvalue weighted by molar-refractivity contribution is -0.123. The summed E-state index contributed by atoms with van der Waals surface area (Å²) in [5.74, 6) is 0.0459. The van der Waals surface area contributed by atoms with Crippen LogP contribution in [0.15, 0.2) is 24.4 Å². The number of amides is 1. The van der Waals surface area contributed by atoms with Crippen molar-refractivity contribution >= 4 is 5.91 Å². The van der Waals surface area contributed by atoms with Gasteiger partial charge in [0.1, 0.15) is 0 Å². The van der Waals surface area contributed by atoms with E-state index in [1.165, 1.54) is 25.7 Å². The van der Waals surface area contributed by atoms with Gasteiger partial charge in [0.15, 0.2) is 0 Å². The van der Waals surface area contributed by atoms with Gasteiger partial charge in [-0.05, 0) is 38.1 Å². The highest BCUT2D eigenvalue weighted by atomic mass is 16.5. The van der Waals surface area contributed by atoms with Gasteiger partial charge in [-0.15, -0.1) is 0 Å². The van der Waals surface area contributed by atoms with Crippen molar-refractivity contribution in [2.75, 3.05) is 33.4 Å². The van der Waals surface area contributed by atoms with E-state index in [2.05, 4.69) is 15.2 Å². The number of rotatable bonds is 6. The zero-order valence-corrected chi connectivity index (χ0v) is 12.8. The lowest BCUT2D eigenvalue weighted by Gasteiger charge is -2.22. The standard InChI is InChI=1S/C16H25N3O2/c1-21-13-15(14-8-4-5-9-17-14)18-16(20)12-19-10-6-2-3-7-11-19/h4-5,8-9,15H,2-3,6-7,10-13H2,1H3,(H,18,20). The number of carbonyl (C=O) groups excluding carboxylic acids is 1. The highest BCUT2D eigenvalue weighted by molar-refractivity contribution is 5.78. The molecule has 1 N–H and O–H groups in total. The van der Waals surface area contributed by atoms with Crippen molar-refractivity contribution in [1.82, 2.24) is 15.2 Å². The molecule has 0 saturated carbocycles. The van der Waals surface area contributed by atoms with Crippen molar-refractivity contribution in [3.8, 4) is 0 Å². The van der Waals surface area contributed by atoms with Crippen molar-refractivity contribution in [3.63, 3.8) is 0 Å². The molecule has 0 spiro atoms. The number of ether oxygens (including phenoxy) is 1. The molecule has 21 heavy (non-hydrogen) atoms. The summed E-state index contributed by atoms with van der Waals surface area (Å²) >= 11 is 0. The van der Waals surface area contributed by atoms with E-state index in [0.29, 0.717) is 13.2 Å². The fourth-order valence-electron chi connectivity index (χ4n) is 2.69. The van der Waals surface area contributed by atoms with E-state index in [9.17, 15) is 4.79 Å². The van der Waals surface area contributed by atoms with Crippen LogP contribution in [0.3, 0.4) is 0 Å². The molecule has 2 heterocycles. The van der Waals surface area contributed by atoms with E-state index < -0.39 is 0 Å². The second-order valence-corrected chi connectivity index (χ2v) is 5.52. The van der Waals surface area contributed by atoms with E-state index >= 15 is 0 Å². The van der Waals surface area contributed by atoms with Crippen LogP contribution in [0, 0.1) is 0 Å². The van der Waals surface area contributed by atoms with Gasteiger partial charge in [0.25, 0.3) is 0 Å². The molecular formula is C16H25N3O2. The average Bonchev–Trinajstić information content (AvgIpc) is 2.76. The molecule has 0 aliphatic carbocycles. The number of methoxy groups -OCH3 is 1. The molecule has 2 rings (SSSR count). The van der Waals surface area contributed by atoms with Gasteiger partial charge in [-0.2, -0.15) is 0 Å². The van der Waals surface area contributed by atoms with E-state index in [0.717, 1.165) is 18.8 Å². The maximum atomic E-state index is 12.2. The van der Waals surface area contributed by atoms with E-state index in [1.807, 2.05) is 18.2 Å². The first-order valence-electron chi connectivity index (χ1n) is 7.71. The SMILES string of the molecule is COCC(NC(=O)CN1CCCCCC1)c1ccccn1. The van der Waals surface area contributed by atoms with Crippen LogP contribution in [0.1, 0.15) is 37.4 Å². The molecule has 1 aromatic heterocycles. The second-order valence-electron chi connectivity index (χ2n) is 5.52. The molecule has 1 atom stereocenters. The van der Waals surface area contributed by atoms with Crippen molar-refractivity contribution in [2.45, 2.75) is 31.7 Å². The van der Waals surface area contributed by atoms with Crippen LogP contribution < -0.4 is 5.32 Å². The normalized spacial score (nSPS) is 18.0. The van der Waals surface area contributed by atoms with Gasteiger partial charge in [-0.25, -0.2) is 0 Å². The van der Waals surface area contributed by atoms with Crippen LogP contribution >= 0.6 is 0 Å². The Morgan fingerprint density at radius 2 is 2.10 bits per heavy atom. The Morgan fingerprint density at radius 3 is 2.71 bits per heavy atom. The minimum absolute atomic E-state index is 0.0459. The fraction of sp³-hybridized carbons (Fsp3) is 0.625. The number of aromatic nitrogens is 1. The molecule has 5 heteroatoms. The highest BCUT2D eigenvalue weighted by Gasteiger charge is 2.18. The molecule has 1 saturated heterocycles. The minimum atomic E-state index is -0.185. The van der Waals surface area contributed by atoms with Gasteiger partial charge in [-0.3, -0.25) is 14.7 Å². The Balaban J connectivity index is 1.88. The third-order valence-corrected chi connectivity index (χ3v) is 3.78. The van der Waals surface area contributed by atoms with Crippen LogP contribution in [-0.4, -0.2) is 49.1 Å². The topological polar surface area (TPSA) is 54.5 Å². The number of likely N-dealkylation sites (tertiary alicyclic amines) is 1. The van der Waals surface area contributed by atoms with Crippen LogP contribution in [0.5, 0.6) is 0 Å². The quantitative estimate of drug-likeness (QED) is 0.868. The smallest absolute Gasteiger partial charge is 0.234 e. The molecular weight excluding hydrogens is 266 g/mol. The first kappa shape index (κ1) is 15.9. The van der Waals surface area contributed by atoms with E-state index in [4.69, 9.17) is 4.74 Å². The summed E-state index contributed by atoms with van der Waals surface area (Å²) in [5.41, 5.74) is 0.837. The Labute approximate surface area is 126 Å². The van der Waals surface area contributed by atoms with Crippen LogP contribution in [0.25, 0.3) is 0 Å². The van der Waals surface area contributed by atoms with E-state index in [-0.39, 0.29) is 11.9 Å². The molecule has 1 aliphatic rings. The predicted octanol–water partition coefficient (Wildman–Crippen LogP) is 1.76. The van der Waals surface area contributed by atoms with Crippen molar-refractivity contribution in [1.29, 1.82) is 0 Å². The first-order valence-corrected chi connectivity index (χ1v) is 7.71.